The SMILES string of the molecule is C[C@@H]1C=CC(=O)[C@]1(C)c1ccccc1. The van der Waals surface area contributed by atoms with Crippen molar-refractivity contribution in [1.29, 1.82) is 0 Å². The fraction of sp³-hybridized carbons (Fsp3) is 0.308. The maximum Gasteiger partial charge on any atom is 0.166 e. The van der Waals surface area contributed by atoms with Gasteiger partial charge in [0.15, 0.2) is 5.78 Å². The molecule has 0 saturated heterocycles. The first-order valence-electron chi connectivity index (χ1n) is 4.94. The van der Waals surface area contributed by atoms with E-state index < -0.39 is 0 Å². The average Bonchev–Trinajstić information content (AvgIpc) is 2.49. The van der Waals surface area contributed by atoms with Crippen LogP contribution in [0.1, 0.15) is 19.4 Å². The van der Waals surface area contributed by atoms with Crippen molar-refractivity contribution < 1.29 is 4.79 Å². The monoisotopic (exact) mass is 186 g/mol. The maximum atomic E-state index is 11.8. The molecule has 1 nitrogen and oxygen atoms in total. The molecule has 1 aromatic carbocycles. The van der Waals surface area contributed by atoms with Crippen molar-refractivity contribution >= 4 is 5.78 Å². The highest BCUT2D eigenvalue weighted by atomic mass is 16.1. The molecular formula is C13H14O. The molecule has 72 valence electrons. The Labute approximate surface area is 84.5 Å². The average molecular weight is 186 g/mol. The van der Waals surface area contributed by atoms with E-state index in [2.05, 4.69) is 6.92 Å². The summed E-state index contributed by atoms with van der Waals surface area (Å²) in [4.78, 5) is 11.8. The Bertz CT molecular complexity index is 377. The van der Waals surface area contributed by atoms with E-state index >= 15 is 0 Å². The summed E-state index contributed by atoms with van der Waals surface area (Å²) in [6, 6.07) is 10.0. The number of hydrogen-bond acceptors (Lipinski definition) is 1. The zero-order chi connectivity index (χ0) is 10.2. The zero-order valence-electron chi connectivity index (χ0n) is 8.53. The molecule has 0 saturated carbocycles. The van der Waals surface area contributed by atoms with Crippen LogP contribution in [0.2, 0.25) is 0 Å². The molecular weight excluding hydrogens is 172 g/mol. The van der Waals surface area contributed by atoms with E-state index in [0.717, 1.165) is 5.56 Å². The van der Waals surface area contributed by atoms with Gasteiger partial charge in [0.2, 0.25) is 0 Å². The van der Waals surface area contributed by atoms with Crippen molar-refractivity contribution in [2.75, 3.05) is 0 Å². The van der Waals surface area contributed by atoms with Gasteiger partial charge in [-0.1, -0.05) is 43.3 Å². The lowest BCUT2D eigenvalue weighted by molar-refractivity contribution is -0.119. The smallest absolute Gasteiger partial charge is 0.166 e. The first-order chi connectivity index (χ1) is 6.65. The Kier molecular flexibility index (Phi) is 2.03. The summed E-state index contributed by atoms with van der Waals surface area (Å²) in [5.41, 5.74) is 0.767. The van der Waals surface area contributed by atoms with E-state index in [1.807, 2.05) is 43.3 Å². The minimum atomic E-state index is -0.346. The zero-order valence-corrected chi connectivity index (χ0v) is 8.53. The lowest BCUT2D eigenvalue weighted by atomic mass is 9.73. The number of benzene rings is 1. The van der Waals surface area contributed by atoms with Gasteiger partial charge in [-0.2, -0.15) is 0 Å². The van der Waals surface area contributed by atoms with E-state index in [1.165, 1.54) is 0 Å². The Morgan fingerprint density at radius 3 is 2.36 bits per heavy atom. The molecule has 2 atom stereocenters. The van der Waals surface area contributed by atoms with Crippen molar-refractivity contribution in [2.24, 2.45) is 5.92 Å². The Balaban J connectivity index is 2.48. The largest absolute Gasteiger partial charge is 0.294 e. The first kappa shape index (κ1) is 9.20. The summed E-state index contributed by atoms with van der Waals surface area (Å²) in [6.07, 6.45) is 3.70. The first-order valence-corrected chi connectivity index (χ1v) is 4.94. The van der Waals surface area contributed by atoms with Gasteiger partial charge in [0.1, 0.15) is 0 Å². The molecule has 0 heterocycles. The Morgan fingerprint density at radius 1 is 1.21 bits per heavy atom. The molecule has 0 radical (unpaired) electrons. The standard InChI is InChI=1S/C13H14O/c1-10-8-9-12(14)13(10,2)11-6-4-3-5-7-11/h3-10H,1-2H3/t10-,13+/m1/s1. The summed E-state index contributed by atoms with van der Waals surface area (Å²) in [5.74, 6) is 0.508. The molecule has 0 N–H and O–H groups in total. The fourth-order valence-corrected chi connectivity index (χ4v) is 2.01. The van der Waals surface area contributed by atoms with E-state index in [4.69, 9.17) is 0 Å². The third-order valence-corrected chi connectivity index (χ3v) is 3.33. The predicted octanol–water partition coefficient (Wildman–Crippen LogP) is 2.72. The molecule has 1 heteroatoms. The second-order valence-corrected chi connectivity index (χ2v) is 4.08. The van der Waals surface area contributed by atoms with Crippen LogP contribution in [0.4, 0.5) is 0 Å². The molecule has 2 rings (SSSR count). The second kappa shape index (κ2) is 3.09. The molecule has 0 aromatic heterocycles. The quantitative estimate of drug-likeness (QED) is 0.659. The minimum absolute atomic E-state index is 0.219. The summed E-state index contributed by atoms with van der Waals surface area (Å²) in [6.45, 7) is 4.11. The summed E-state index contributed by atoms with van der Waals surface area (Å²) < 4.78 is 0. The van der Waals surface area contributed by atoms with Gasteiger partial charge < -0.3 is 0 Å². The molecule has 0 unspecified atom stereocenters. The number of allylic oxidation sites excluding steroid dienone is 2. The number of rotatable bonds is 1. The van der Waals surface area contributed by atoms with Crippen molar-refractivity contribution in [2.45, 2.75) is 19.3 Å². The Hall–Kier alpha value is -1.37. The number of ketones is 1. The molecule has 1 aliphatic rings. The van der Waals surface area contributed by atoms with Crippen molar-refractivity contribution in [3.05, 3.63) is 48.0 Å². The van der Waals surface area contributed by atoms with Gasteiger partial charge in [-0.3, -0.25) is 4.79 Å². The summed E-state index contributed by atoms with van der Waals surface area (Å²) >= 11 is 0. The van der Waals surface area contributed by atoms with E-state index in [9.17, 15) is 4.79 Å². The molecule has 0 bridgehead atoms. The van der Waals surface area contributed by atoms with Crippen LogP contribution in [-0.2, 0) is 10.2 Å². The topological polar surface area (TPSA) is 17.1 Å². The van der Waals surface area contributed by atoms with Gasteiger partial charge in [-0.25, -0.2) is 0 Å². The van der Waals surface area contributed by atoms with E-state index in [1.54, 1.807) is 6.08 Å². The van der Waals surface area contributed by atoms with Crippen LogP contribution in [0.3, 0.4) is 0 Å². The predicted molar refractivity (Wildman–Crippen MR) is 57.1 cm³/mol. The van der Waals surface area contributed by atoms with Crippen LogP contribution in [0, 0.1) is 5.92 Å². The van der Waals surface area contributed by atoms with Crippen LogP contribution >= 0.6 is 0 Å². The summed E-state index contributed by atoms with van der Waals surface area (Å²) in [7, 11) is 0. The molecule has 0 fully saturated rings. The fourth-order valence-electron chi connectivity index (χ4n) is 2.01. The normalized spacial score (nSPS) is 31.0. The van der Waals surface area contributed by atoms with E-state index in [-0.39, 0.29) is 17.1 Å². The van der Waals surface area contributed by atoms with Gasteiger partial charge in [0, 0.05) is 0 Å². The lowest BCUT2D eigenvalue weighted by Gasteiger charge is -2.27. The van der Waals surface area contributed by atoms with Gasteiger partial charge in [0.05, 0.1) is 5.41 Å². The third-order valence-electron chi connectivity index (χ3n) is 3.33. The van der Waals surface area contributed by atoms with Gasteiger partial charge in [-0.05, 0) is 24.5 Å². The van der Waals surface area contributed by atoms with Crippen LogP contribution in [-0.4, -0.2) is 5.78 Å². The number of carbonyl (C=O) groups excluding carboxylic acids is 1. The molecule has 0 aliphatic heterocycles. The highest BCUT2D eigenvalue weighted by molar-refractivity contribution is 6.01. The lowest BCUT2D eigenvalue weighted by Crippen LogP contribution is -2.33. The highest BCUT2D eigenvalue weighted by Gasteiger charge is 2.41. The van der Waals surface area contributed by atoms with Crippen molar-refractivity contribution in [3.63, 3.8) is 0 Å². The maximum absolute atomic E-state index is 11.8. The minimum Gasteiger partial charge on any atom is -0.294 e. The van der Waals surface area contributed by atoms with Gasteiger partial charge in [0.25, 0.3) is 0 Å². The number of carbonyl (C=O) groups is 1. The molecule has 1 aromatic rings. The molecule has 1 aliphatic carbocycles. The molecule has 14 heavy (non-hydrogen) atoms. The Morgan fingerprint density at radius 2 is 1.86 bits per heavy atom. The van der Waals surface area contributed by atoms with Crippen LogP contribution in [0.5, 0.6) is 0 Å². The van der Waals surface area contributed by atoms with Crippen molar-refractivity contribution in [3.8, 4) is 0 Å². The van der Waals surface area contributed by atoms with Crippen LogP contribution in [0.25, 0.3) is 0 Å². The highest BCUT2D eigenvalue weighted by Crippen LogP contribution is 2.38. The van der Waals surface area contributed by atoms with Crippen molar-refractivity contribution in [1.82, 2.24) is 0 Å². The van der Waals surface area contributed by atoms with Gasteiger partial charge in [-0.15, -0.1) is 0 Å². The number of hydrogen-bond donors (Lipinski definition) is 0. The molecule has 0 spiro atoms. The second-order valence-electron chi connectivity index (χ2n) is 4.08. The van der Waals surface area contributed by atoms with E-state index in [0.29, 0.717) is 0 Å². The van der Waals surface area contributed by atoms with Gasteiger partial charge >= 0.3 is 0 Å². The van der Waals surface area contributed by atoms with Crippen LogP contribution in [0.15, 0.2) is 42.5 Å². The van der Waals surface area contributed by atoms with Crippen LogP contribution < -0.4 is 0 Å². The summed E-state index contributed by atoms with van der Waals surface area (Å²) in [5, 5.41) is 0. The third kappa shape index (κ3) is 1.12. The molecule has 0 amide bonds.